The maximum Gasteiger partial charge on any atom is 0.283 e. The third-order valence-electron chi connectivity index (χ3n) is 2.63. The van der Waals surface area contributed by atoms with Crippen molar-refractivity contribution < 1.29 is 0 Å². The summed E-state index contributed by atoms with van der Waals surface area (Å²) in [6, 6.07) is 3.67. The van der Waals surface area contributed by atoms with Gasteiger partial charge in [-0.05, 0) is 11.6 Å². The summed E-state index contributed by atoms with van der Waals surface area (Å²) in [5, 5.41) is 0. The highest BCUT2D eigenvalue weighted by atomic mass is 16.1. The monoisotopic (exact) mass is 242 g/mol. The van der Waals surface area contributed by atoms with Crippen LogP contribution >= 0.6 is 0 Å². The normalized spacial score (nSPS) is 10.9. The summed E-state index contributed by atoms with van der Waals surface area (Å²) in [5.41, 5.74) is 7.08. The summed E-state index contributed by atoms with van der Waals surface area (Å²) in [5.74, 6) is 0.153. The first kappa shape index (κ1) is 10.5. The van der Waals surface area contributed by atoms with Crippen molar-refractivity contribution in [1.29, 1.82) is 0 Å². The third kappa shape index (κ3) is 1.61. The average molecular weight is 242 g/mol. The van der Waals surface area contributed by atoms with E-state index in [0.717, 1.165) is 5.56 Å². The molecule has 7 heteroatoms. The summed E-state index contributed by atoms with van der Waals surface area (Å²) in [7, 11) is 0. The zero-order chi connectivity index (χ0) is 12.5. The number of hydrogen-bond acceptors (Lipinski definition) is 5. The number of H-pyrrole nitrogens is 1. The van der Waals surface area contributed by atoms with E-state index in [1.165, 1.54) is 10.9 Å². The second-order valence-electron chi connectivity index (χ2n) is 3.82. The van der Waals surface area contributed by atoms with Crippen LogP contribution in [0.1, 0.15) is 5.56 Å². The summed E-state index contributed by atoms with van der Waals surface area (Å²) in [6.45, 7) is 0.328. The number of hydrogen-bond donors (Lipinski definition) is 2. The van der Waals surface area contributed by atoms with Crippen LogP contribution in [0.15, 0.2) is 35.6 Å². The number of anilines is 1. The first-order valence-electron chi connectivity index (χ1n) is 5.34. The lowest BCUT2D eigenvalue weighted by molar-refractivity contribution is 0.758. The van der Waals surface area contributed by atoms with Crippen molar-refractivity contribution in [3.05, 3.63) is 46.8 Å². The fourth-order valence-corrected chi connectivity index (χ4v) is 1.76. The predicted octanol–water partition coefficient (Wildman–Crippen LogP) is 0.145. The topological polar surface area (TPSA) is 102 Å². The van der Waals surface area contributed by atoms with Crippen LogP contribution in [0.25, 0.3) is 11.2 Å². The fourth-order valence-electron chi connectivity index (χ4n) is 1.76. The molecule has 3 aromatic rings. The molecule has 0 bridgehead atoms. The smallest absolute Gasteiger partial charge is 0.283 e. The van der Waals surface area contributed by atoms with Crippen LogP contribution in [0.3, 0.4) is 0 Å². The lowest BCUT2D eigenvalue weighted by Crippen LogP contribution is -2.25. The molecule has 0 aromatic carbocycles. The van der Waals surface area contributed by atoms with E-state index in [1.54, 1.807) is 18.5 Å². The van der Waals surface area contributed by atoms with E-state index in [1.807, 2.05) is 6.07 Å². The summed E-state index contributed by atoms with van der Waals surface area (Å²) < 4.78 is 1.38. The molecule has 7 nitrogen and oxygen atoms in total. The lowest BCUT2D eigenvalue weighted by Gasteiger charge is -2.07. The Kier molecular flexibility index (Phi) is 2.30. The molecule has 0 atom stereocenters. The van der Waals surface area contributed by atoms with Gasteiger partial charge in [-0.1, -0.05) is 6.07 Å². The Morgan fingerprint density at radius 2 is 2.33 bits per heavy atom. The molecular weight excluding hydrogens is 232 g/mol. The minimum absolute atomic E-state index is 0.153. The number of aromatic nitrogens is 5. The second-order valence-corrected chi connectivity index (χ2v) is 3.82. The number of nitrogens with two attached hydrogens (primary N) is 1. The second kappa shape index (κ2) is 3.95. The van der Waals surface area contributed by atoms with E-state index in [9.17, 15) is 4.79 Å². The number of aromatic amines is 1. The van der Waals surface area contributed by atoms with Crippen LogP contribution < -0.4 is 11.3 Å². The molecule has 90 valence electrons. The molecule has 0 aliphatic carbocycles. The molecule has 18 heavy (non-hydrogen) atoms. The van der Waals surface area contributed by atoms with Gasteiger partial charge in [0.2, 0.25) is 5.95 Å². The number of imidazole rings is 1. The molecule has 0 saturated carbocycles. The van der Waals surface area contributed by atoms with E-state index in [0.29, 0.717) is 12.2 Å². The van der Waals surface area contributed by atoms with Crippen molar-refractivity contribution in [2.45, 2.75) is 6.54 Å². The van der Waals surface area contributed by atoms with Gasteiger partial charge in [0.15, 0.2) is 11.2 Å². The van der Waals surface area contributed by atoms with E-state index in [-0.39, 0.29) is 17.0 Å². The van der Waals surface area contributed by atoms with Gasteiger partial charge in [-0.3, -0.25) is 14.3 Å². The van der Waals surface area contributed by atoms with Crippen molar-refractivity contribution in [2.75, 3.05) is 5.73 Å². The highest BCUT2D eigenvalue weighted by Crippen LogP contribution is 2.06. The van der Waals surface area contributed by atoms with Gasteiger partial charge in [0.25, 0.3) is 5.56 Å². The Labute approximate surface area is 101 Å². The van der Waals surface area contributed by atoms with Gasteiger partial charge < -0.3 is 10.7 Å². The number of fused-ring (bicyclic) bond motifs is 1. The summed E-state index contributed by atoms with van der Waals surface area (Å²) >= 11 is 0. The van der Waals surface area contributed by atoms with Crippen molar-refractivity contribution in [2.24, 2.45) is 0 Å². The molecule has 0 spiro atoms. The predicted molar refractivity (Wildman–Crippen MR) is 65.9 cm³/mol. The van der Waals surface area contributed by atoms with Gasteiger partial charge in [-0.2, -0.15) is 4.98 Å². The summed E-state index contributed by atoms with van der Waals surface area (Å²) in [4.78, 5) is 26.9. The van der Waals surface area contributed by atoms with Crippen LogP contribution in [0.4, 0.5) is 5.95 Å². The van der Waals surface area contributed by atoms with E-state index >= 15 is 0 Å². The molecule has 3 heterocycles. The summed E-state index contributed by atoms with van der Waals surface area (Å²) in [6.07, 6.45) is 4.78. The highest BCUT2D eigenvalue weighted by Gasteiger charge is 2.10. The lowest BCUT2D eigenvalue weighted by atomic mass is 10.3. The van der Waals surface area contributed by atoms with Gasteiger partial charge in [0.05, 0.1) is 12.9 Å². The quantitative estimate of drug-likeness (QED) is 0.665. The average Bonchev–Trinajstić information content (AvgIpc) is 2.84. The highest BCUT2D eigenvalue weighted by molar-refractivity contribution is 5.69. The minimum atomic E-state index is -0.261. The zero-order valence-corrected chi connectivity index (χ0v) is 9.37. The van der Waals surface area contributed by atoms with Crippen LogP contribution in [0.5, 0.6) is 0 Å². The number of nitrogen functional groups attached to an aromatic ring is 1. The molecule has 0 radical (unpaired) electrons. The van der Waals surface area contributed by atoms with Gasteiger partial charge in [0, 0.05) is 12.4 Å². The van der Waals surface area contributed by atoms with Crippen LogP contribution in [-0.4, -0.2) is 24.5 Å². The minimum Gasteiger partial charge on any atom is -0.369 e. The Morgan fingerprint density at radius 3 is 3.11 bits per heavy atom. The molecule has 0 amide bonds. The molecule has 0 aliphatic heterocycles. The van der Waals surface area contributed by atoms with Crippen LogP contribution in [0, 0.1) is 0 Å². The van der Waals surface area contributed by atoms with Crippen LogP contribution in [0.2, 0.25) is 0 Å². The maximum absolute atomic E-state index is 12.2. The zero-order valence-electron chi connectivity index (χ0n) is 9.37. The SMILES string of the molecule is Nc1nc2[nH]cnc2c(=O)n1Cc1cccnc1. The van der Waals surface area contributed by atoms with Crippen molar-refractivity contribution in [3.8, 4) is 0 Å². The molecule has 3 N–H and O–H groups in total. The van der Waals surface area contributed by atoms with E-state index in [2.05, 4.69) is 19.9 Å². The van der Waals surface area contributed by atoms with Gasteiger partial charge in [-0.15, -0.1) is 0 Å². The van der Waals surface area contributed by atoms with Crippen LogP contribution in [-0.2, 0) is 6.54 Å². The number of nitrogens with one attached hydrogen (secondary N) is 1. The van der Waals surface area contributed by atoms with Gasteiger partial charge in [-0.25, -0.2) is 4.98 Å². The number of pyridine rings is 1. The standard InChI is InChI=1S/C11H10N6O/c12-11-16-9-8(14-6-15-9)10(18)17(11)5-7-2-1-3-13-4-7/h1-4,6H,5H2,(H2,12,16)(H,14,15). The number of nitrogens with zero attached hydrogens (tertiary/aromatic N) is 4. The van der Waals surface area contributed by atoms with E-state index in [4.69, 9.17) is 5.73 Å². The Bertz CT molecular complexity index is 745. The molecule has 0 unspecified atom stereocenters. The van der Waals surface area contributed by atoms with E-state index < -0.39 is 0 Å². The molecule has 0 aliphatic rings. The molecule has 0 fully saturated rings. The third-order valence-corrected chi connectivity index (χ3v) is 2.63. The largest absolute Gasteiger partial charge is 0.369 e. The van der Waals surface area contributed by atoms with Crippen molar-refractivity contribution in [3.63, 3.8) is 0 Å². The Morgan fingerprint density at radius 1 is 1.44 bits per heavy atom. The van der Waals surface area contributed by atoms with Gasteiger partial charge in [0.1, 0.15) is 0 Å². The first-order chi connectivity index (χ1) is 8.75. The fraction of sp³-hybridized carbons (Fsp3) is 0.0909. The molecule has 0 saturated heterocycles. The molecule has 3 aromatic heterocycles. The Hall–Kier alpha value is -2.70. The molecular formula is C11H10N6O. The maximum atomic E-state index is 12.2. The van der Waals surface area contributed by atoms with Gasteiger partial charge >= 0.3 is 0 Å². The molecule has 3 rings (SSSR count). The van der Waals surface area contributed by atoms with Crippen molar-refractivity contribution >= 4 is 17.1 Å². The number of rotatable bonds is 2. The first-order valence-corrected chi connectivity index (χ1v) is 5.34. The Balaban J connectivity index is 2.14. The van der Waals surface area contributed by atoms with Crippen molar-refractivity contribution in [1.82, 2.24) is 24.5 Å².